The van der Waals surface area contributed by atoms with Gasteiger partial charge in [-0.25, -0.2) is 4.39 Å². The van der Waals surface area contributed by atoms with E-state index in [1.807, 2.05) is 0 Å². The van der Waals surface area contributed by atoms with Gasteiger partial charge in [0, 0.05) is 7.05 Å². The van der Waals surface area contributed by atoms with E-state index >= 15 is 0 Å². The Bertz CT molecular complexity index is 1050. The Morgan fingerprint density at radius 1 is 1.25 bits per heavy atom. The summed E-state index contributed by atoms with van der Waals surface area (Å²) < 4.78 is 58.1. The topological polar surface area (TPSA) is 93.0 Å². The van der Waals surface area contributed by atoms with Crippen LogP contribution in [-0.4, -0.2) is 35.4 Å². The van der Waals surface area contributed by atoms with E-state index in [4.69, 9.17) is 10.5 Å². The fourth-order valence-corrected chi connectivity index (χ4v) is 2.67. The van der Waals surface area contributed by atoms with Gasteiger partial charge in [0.25, 0.3) is 5.91 Å². The summed E-state index contributed by atoms with van der Waals surface area (Å²) >= 11 is 0. The fourth-order valence-electron chi connectivity index (χ4n) is 2.67. The van der Waals surface area contributed by atoms with Gasteiger partial charge in [0.15, 0.2) is 11.9 Å². The van der Waals surface area contributed by atoms with Crippen LogP contribution in [0.25, 0.3) is 22.0 Å². The number of rotatable bonds is 4. The number of H-pyrrole nitrogens is 1. The molecule has 4 N–H and O–H groups in total. The predicted molar refractivity (Wildman–Crippen MR) is 95.4 cm³/mol. The number of nitrogens with two attached hydrogens (primary N) is 1. The van der Waals surface area contributed by atoms with Gasteiger partial charge in [0.1, 0.15) is 11.6 Å². The Labute approximate surface area is 156 Å². The number of halogens is 4. The van der Waals surface area contributed by atoms with E-state index in [9.17, 15) is 22.4 Å². The number of fused-ring (bicyclic) bond motifs is 1. The second kappa shape index (κ2) is 7.02. The fraction of sp³-hybridized carbons (Fsp3) is 0.222. The first kappa shape index (κ1) is 19.5. The molecule has 0 saturated carbocycles. The molecule has 0 aliphatic carbocycles. The second-order valence-corrected chi connectivity index (χ2v) is 6.08. The van der Waals surface area contributed by atoms with Gasteiger partial charge in [-0.15, -0.1) is 0 Å². The van der Waals surface area contributed by atoms with Crippen LogP contribution in [-0.2, 0) is 0 Å². The lowest BCUT2D eigenvalue weighted by atomic mass is 10.0. The van der Waals surface area contributed by atoms with Crippen molar-refractivity contribution < 1.29 is 27.1 Å². The van der Waals surface area contributed by atoms with Gasteiger partial charge in [-0.3, -0.25) is 9.89 Å². The molecule has 0 fully saturated rings. The van der Waals surface area contributed by atoms with Crippen molar-refractivity contribution >= 4 is 22.6 Å². The molecule has 10 heteroatoms. The number of nitrogens with zero attached hydrogens (tertiary/aromatic N) is 1. The molecule has 1 unspecified atom stereocenters. The summed E-state index contributed by atoms with van der Waals surface area (Å²) in [4.78, 5) is 11.6. The summed E-state index contributed by atoms with van der Waals surface area (Å²) in [5.41, 5.74) is 6.61. The summed E-state index contributed by atoms with van der Waals surface area (Å²) in [6, 6.07) is 6.75. The van der Waals surface area contributed by atoms with Crippen LogP contribution in [0.2, 0.25) is 0 Å². The molecule has 1 aromatic heterocycles. The zero-order valence-electron chi connectivity index (χ0n) is 14.8. The highest BCUT2D eigenvalue weighted by atomic mass is 19.4. The average Bonchev–Trinajstić information content (AvgIpc) is 3.01. The Morgan fingerprint density at radius 2 is 1.96 bits per heavy atom. The summed E-state index contributed by atoms with van der Waals surface area (Å²) in [6.07, 6.45) is -6.67. The molecule has 0 spiro atoms. The van der Waals surface area contributed by atoms with E-state index in [1.165, 1.54) is 25.2 Å². The zero-order chi connectivity index (χ0) is 20.6. The first-order valence-electron chi connectivity index (χ1n) is 8.14. The van der Waals surface area contributed by atoms with Crippen molar-refractivity contribution in [1.82, 2.24) is 15.5 Å². The lowest BCUT2D eigenvalue weighted by molar-refractivity contribution is -0.188. The van der Waals surface area contributed by atoms with Crippen molar-refractivity contribution in [2.45, 2.75) is 19.2 Å². The number of amides is 1. The number of anilines is 1. The van der Waals surface area contributed by atoms with E-state index in [1.54, 1.807) is 6.07 Å². The van der Waals surface area contributed by atoms with Crippen LogP contribution >= 0.6 is 0 Å². The van der Waals surface area contributed by atoms with Crippen LogP contribution in [0.15, 0.2) is 30.3 Å². The maximum Gasteiger partial charge on any atom is 0.425 e. The summed E-state index contributed by atoms with van der Waals surface area (Å²) in [7, 11) is 1.37. The van der Waals surface area contributed by atoms with E-state index in [2.05, 4.69) is 15.5 Å². The van der Waals surface area contributed by atoms with E-state index < -0.39 is 24.0 Å². The molecule has 28 heavy (non-hydrogen) atoms. The van der Waals surface area contributed by atoms with Crippen molar-refractivity contribution in [3.05, 3.63) is 41.7 Å². The normalized spacial score (nSPS) is 12.8. The van der Waals surface area contributed by atoms with Gasteiger partial charge in [-0.2, -0.15) is 18.3 Å². The first-order valence-corrected chi connectivity index (χ1v) is 8.14. The molecular formula is C18H16F4N4O2. The average molecular weight is 396 g/mol. The van der Waals surface area contributed by atoms with Gasteiger partial charge in [-0.05, 0) is 42.3 Å². The van der Waals surface area contributed by atoms with Crippen molar-refractivity contribution in [3.63, 3.8) is 0 Å². The van der Waals surface area contributed by atoms with Gasteiger partial charge >= 0.3 is 6.18 Å². The number of aromatic nitrogens is 2. The van der Waals surface area contributed by atoms with Crippen molar-refractivity contribution in [2.75, 3.05) is 12.8 Å². The minimum Gasteiger partial charge on any atom is -0.480 e. The standard InChI is InChI=1S/C18H16F4N4O2/c1-8(18(20,21)22)28-14-7-10(6-13-15(14)16(23)26-25-13)9-3-4-11(12(19)5-9)17(27)24-2/h3-8H,1-2H3,(H,24,27)(H3,23,25,26). The molecule has 148 valence electrons. The van der Waals surface area contributed by atoms with Crippen LogP contribution in [0.5, 0.6) is 5.75 Å². The maximum absolute atomic E-state index is 14.3. The van der Waals surface area contributed by atoms with Crippen LogP contribution < -0.4 is 15.8 Å². The predicted octanol–water partition coefficient (Wildman–Crippen LogP) is 3.64. The van der Waals surface area contributed by atoms with E-state index in [0.717, 1.165) is 13.0 Å². The lowest BCUT2D eigenvalue weighted by Crippen LogP contribution is -2.31. The molecule has 0 bridgehead atoms. The number of hydrogen-bond donors (Lipinski definition) is 3. The SMILES string of the molecule is CNC(=O)c1ccc(-c2cc(OC(C)C(F)(F)F)c3c(N)n[nH]c3c2)cc1F. The third-order valence-electron chi connectivity index (χ3n) is 4.19. The number of hydrogen-bond acceptors (Lipinski definition) is 4. The van der Waals surface area contributed by atoms with Crippen molar-refractivity contribution in [3.8, 4) is 16.9 Å². The van der Waals surface area contributed by atoms with E-state index in [-0.39, 0.29) is 22.5 Å². The number of nitrogens with one attached hydrogen (secondary N) is 2. The third-order valence-corrected chi connectivity index (χ3v) is 4.19. The summed E-state index contributed by atoms with van der Waals surface area (Å²) in [6.45, 7) is 0.868. The molecule has 1 atom stereocenters. The molecule has 1 heterocycles. The van der Waals surface area contributed by atoms with Gasteiger partial charge < -0.3 is 15.8 Å². The largest absolute Gasteiger partial charge is 0.480 e. The number of carbonyl (C=O) groups excluding carboxylic acids is 1. The molecule has 3 rings (SSSR count). The summed E-state index contributed by atoms with van der Waals surface area (Å²) in [5, 5.41) is 8.92. The zero-order valence-corrected chi connectivity index (χ0v) is 14.8. The number of alkyl halides is 3. The highest BCUT2D eigenvalue weighted by Crippen LogP contribution is 2.37. The minimum absolute atomic E-state index is 0.0212. The van der Waals surface area contributed by atoms with E-state index in [0.29, 0.717) is 16.6 Å². The highest BCUT2D eigenvalue weighted by Gasteiger charge is 2.38. The second-order valence-electron chi connectivity index (χ2n) is 6.08. The Morgan fingerprint density at radius 3 is 2.57 bits per heavy atom. The van der Waals surface area contributed by atoms with Crippen molar-refractivity contribution in [1.29, 1.82) is 0 Å². The van der Waals surface area contributed by atoms with Crippen molar-refractivity contribution in [2.24, 2.45) is 0 Å². The molecule has 6 nitrogen and oxygen atoms in total. The summed E-state index contributed by atoms with van der Waals surface area (Å²) in [5.74, 6) is -1.53. The Hall–Kier alpha value is -3.30. The van der Waals surface area contributed by atoms with Crippen LogP contribution in [0, 0.1) is 5.82 Å². The Balaban J connectivity index is 2.10. The molecule has 0 saturated heterocycles. The molecule has 0 aliphatic rings. The minimum atomic E-state index is -4.58. The molecule has 3 aromatic rings. The Kier molecular flexibility index (Phi) is 4.88. The number of aromatic amines is 1. The number of benzene rings is 2. The monoisotopic (exact) mass is 396 g/mol. The lowest BCUT2D eigenvalue weighted by Gasteiger charge is -2.19. The molecular weight excluding hydrogens is 380 g/mol. The quantitative estimate of drug-likeness (QED) is 0.587. The molecule has 0 radical (unpaired) electrons. The van der Waals surface area contributed by atoms with Crippen LogP contribution in [0.3, 0.4) is 0 Å². The van der Waals surface area contributed by atoms with Gasteiger partial charge in [-0.1, -0.05) is 6.07 Å². The molecule has 2 aromatic carbocycles. The smallest absolute Gasteiger partial charge is 0.425 e. The molecule has 0 aliphatic heterocycles. The maximum atomic E-state index is 14.3. The third kappa shape index (κ3) is 3.57. The number of carbonyl (C=O) groups is 1. The molecule has 1 amide bonds. The van der Waals surface area contributed by atoms with Crippen LogP contribution in [0.4, 0.5) is 23.4 Å². The number of nitrogen functional groups attached to an aromatic ring is 1. The highest BCUT2D eigenvalue weighted by molar-refractivity contribution is 5.98. The first-order chi connectivity index (χ1) is 13.1. The van der Waals surface area contributed by atoms with Gasteiger partial charge in [0.05, 0.1) is 16.5 Å². The van der Waals surface area contributed by atoms with Crippen LogP contribution in [0.1, 0.15) is 17.3 Å². The van der Waals surface area contributed by atoms with Gasteiger partial charge in [0.2, 0.25) is 0 Å². The number of ether oxygens (including phenoxy) is 1.